The highest BCUT2D eigenvalue weighted by Gasteiger charge is 2.45. The maximum absolute atomic E-state index is 12.7. The van der Waals surface area contributed by atoms with Crippen molar-refractivity contribution < 1.29 is 14.7 Å². The summed E-state index contributed by atoms with van der Waals surface area (Å²) in [6.45, 7) is 2.71. The molecule has 1 unspecified atom stereocenters. The maximum Gasteiger partial charge on any atom is 0.311 e. The van der Waals surface area contributed by atoms with Crippen LogP contribution in [0.15, 0.2) is 16.7 Å². The van der Waals surface area contributed by atoms with Crippen molar-refractivity contribution in [3.05, 3.63) is 22.4 Å². The van der Waals surface area contributed by atoms with Gasteiger partial charge in [-0.25, -0.2) is 0 Å². The Bertz CT molecular complexity index is 594. The summed E-state index contributed by atoms with van der Waals surface area (Å²) in [7, 11) is 0. The Labute approximate surface area is 132 Å². The molecule has 1 amide bonds. The van der Waals surface area contributed by atoms with E-state index >= 15 is 0 Å². The highest BCUT2D eigenvalue weighted by Crippen LogP contribution is 2.39. The van der Waals surface area contributed by atoms with E-state index in [1.54, 1.807) is 4.90 Å². The second-order valence-electron chi connectivity index (χ2n) is 6.10. The molecule has 1 aliphatic carbocycles. The van der Waals surface area contributed by atoms with Gasteiger partial charge in [0.25, 0.3) is 5.91 Å². The number of nitrogens with zero attached hydrogens (tertiary/aromatic N) is 2. The van der Waals surface area contributed by atoms with Crippen LogP contribution in [0.3, 0.4) is 0 Å². The Kier molecular flexibility index (Phi) is 3.59. The summed E-state index contributed by atoms with van der Waals surface area (Å²) in [4.78, 5) is 25.9. The summed E-state index contributed by atoms with van der Waals surface area (Å²) < 4.78 is 2.93. The number of carbonyl (C=O) groups is 2. The highest BCUT2D eigenvalue weighted by molar-refractivity contribution is 9.10. The molecule has 1 atom stereocenters. The van der Waals surface area contributed by atoms with E-state index in [-0.39, 0.29) is 5.91 Å². The van der Waals surface area contributed by atoms with E-state index in [0.29, 0.717) is 37.7 Å². The normalized spacial score (nSPS) is 25.3. The molecule has 3 rings (SSSR count). The first-order valence-electron chi connectivity index (χ1n) is 7.37. The van der Waals surface area contributed by atoms with Crippen LogP contribution in [0.2, 0.25) is 0 Å². The number of aliphatic carboxylic acids is 1. The number of halogens is 1. The molecule has 1 saturated carbocycles. The molecule has 2 fully saturated rings. The number of aromatic nitrogens is 1. The molecule has 1 aliphatic heterocycles. The Balaban J connectivity index is 1.82. The summed E-state index contributed by atoms with van der Waals surface area (Å²) >= 11 is 3.43. The Morgan fingerprint density at radius 2 is 2.19 bits per heavy atom. The first kappa shape index (κ1) is 14.6. The molecular formula is C15H19BrN2O3. The zero-order valence-corrected chi connectivity index (χ0v) is 13.6. The fraction of sp³-hybridized carbons (Fsp3) is 0.600. The molecule has 6 heteroatoms. The Morgan fingerprint density at radius 3 is 2.71 bits per heavy atom. The minimum atomic E-state index is -0.793. The van der Waals surface area contributed by atoms with E-state index in [1.807, 2.05) is 23.8 Å². The molecule has 1 aromatic heterocycles. The van der Waals surface area contributed by atoms with Crippen LogP contribution in [-0.2, 0) is 4.79 Å². The summed E-state index contributed by atoms with van der Waals surface area (Å²) in [5, 5.41) is 9.44. The van der Waals surface area contributed by atoms with E-state index in [1.165, 1.54) is 0 Å². The van der Waals surface area contributed by atoms with E-state index in [4.69, 9.17) is 0 Å². The van der Waals surface area contributed by atoms with Crippen LogP contribution in [-0.4, -0.2) is 39.5 Å². The van der Waals surface area contributed by atoms with Gasteiger partial charge in [0.2, 0.25) is 0 Å². The molecule has 5 nitrogen and oxygen atoms in total. The number of carboxylic acid groups (broad SMARTS) is 1. The summed E-state index contributed by atoms with van der Waals surface area (Å²) in [6, 6.07) is 2.26. The molecule has 0 bridgehead atoms. The summed E-state index contributed by atoms with van der Waals surface area (Å²) in [5.41, 5.74) is -0.106. The van der Waals surface area contributed by atoms with E-state index in [2.05, 4.69) is 15.9 Å². The molecule has 1 aromatic rings. The van der Waals surface area contributed by atoms with Gasteiger partial charge in [0, 0.05) is 29.8 Å². The monoisotopic (exact) mass is 354 g/mol. The number of carbonyl (C=O) groups excluding carboxylic acids is 1. The second-order valence-corrected chi connectivity index (χ2v) is 7.01. The number of likely N-dealkylation sites (tertiary alicyclic amines) is 1. The molecular weight excluding hydrogens is 336 g/mol. The molecule has 1 N–H and O–H groups in total. The van der Waals surface area contributed by atoms with Crippen molar-refractivity contribution in [3.8, 4) is 0 Å². The van der Waals surface area contributed by atoms with Gasteiger partial charge in [-0.15, -0.1) is 0 Å². The van der Waals surface area contributed by atoms with Crippen molar-refractivity contribution in [2.45, 2.75) is 38.6 Å². The topological polar surface area (TPSA) is 62.5 Å². The molecule has 2 aliphatic rings. The second kappa shape index (κ2) is 5.16. The zero-order chi connectivity index (χ0) is 15.2. The van der Waals surface area contributed by atoms with Gasteiger partial charge in [-0.2, -0.15) is 0 Å². The molecule has 2 heterocycles. The van der Waals surface area contributed by atoms with Crippen molar-refractivity contribution in [1.82, 2.24) is 9.47 Å². The average molecular weight is 355 g/mol. The third kappa shape index (κ3) is 2.50. The minimum absolute atomic E-state index is 0.0517. The van der Waals surface area contributed by atoms with Gasteiger partial charge in [0.05, 0.1) is 5.41 Å². The number of amides is 1. The van der Waals surface area contributed by atoms with Crippen LogP contribution in [0.4, 0.5) is 0 Å². The van der Waals surface area contributed by atoms with Gasteiger partial charge in [0.15, 0.2) is 0 Å². The lowest BCUT2D eigenvalue weighted by Gasteiger charge is -2.23. The van der Waals surface area contributed by atoms with Crippen molar-refractivity contribution in [3.63, 3.8) is 0 Å². The van der Waals surface area contributed by atoms with Crippen LogP contribution in [0.5, 0.6) is 0 Å². The fourth-order valence-corrected chi connectivity index (χ4v) is 3.53. The highest BCUT2D eigenvalue weighted by atomic mass is 79.9. The van der Waals surface area contributed by atoms with Gasteiger partial charge < -0.3 is 14.6 Å². The van der Waals surface area contributed by atoms with Gasteiger partial charge in [-0.05, 0) is 47.7 Å². The predicted molar refractivity (Wildman–Crippen MR) is 81.3 cm³/mol. The van der Waals surface area contributed by atoms with Crippen molar-refractivity contribution >= 4 is 27.8 Å². The molecule has 21 heavy (non-hydrogen) atoms. The summed E-state index contributed by atoms with van der Waals surface area (Å²) in [5.74, 6) is -0.844. The molecule has 0 spiro atoms. The molecule has 0 aromatic carbocycles. The van der Waals surface area contributed by atoms with Gasteiger partial charge in [-0.1, -0.05) is 6.92 Å². The van der Waals surface area contributed by atoms with Gasteiger partial charge in [0.1, 0.15) is 5.69 Å². The lowest BCUT2D eigenvalue weighted by Crippen LogP contribution is -2.37. The van der Waals surface area contributed by atoms with E-state index in [0.717, 1.165) is 17.3 Å². The lowest BCUT2D eigenvalue weighted by molar-refractivity contribution is -0.148. The van der Waals surface area contributed by atoms with E-state index < -0.39 is 11.4 Å². The molecule has 1 saturated heterocycles. The lowest BCUT2D eigenvalue weighted by atomic mass is 9.84. The fourth-order valence-electron chi connectivity index (χ4n) is 3.09. The average Bonchev–Trinajstić information content (AvgIpc) is 3.08. The van der Waals surface area contributed by atoms with E-state index in [9.17, 15) is 14.7 Å². The molecule has 0 radical (unpaired) electrons. The Hall–Kier alpha value is -1.30. The van der Waals surface area contributed by atoms with Crippen LogP contribution >= 0.6 is 15.9 Å². The van der Waals surface area contributed by atoms with Crippen molar-refractivity contribution in [2.24, 2.45) is 5.41 Å². The SMILES string of the molecule is CCC1(C(=O)O)CCN(C(=O)c2cc(Br)cn2C2CC2)C1. The van der Waals surface area contributed by atoms with Crippen LogP contribution < -0.4 is 0 Å². The van der Waals surface area contributed by atoms with Crippen LogP contribution in [0, 0.1) is 5.41 Å². The predicted octanol–water partition coefficient (Wildman–Crippen LogP) is 2.91. The maximum atomic E-state index is 12.7. The standard InChI is InChI=1S/C15H19BrN2O3/c1-2-15(14(20)21)5-6-17(9-15)13(19)12-7-10(16)8-18(12)11-3-4-11/h7-8,11H,2-6,9H2,1H3,(H,20,21). The first-order chi connectivity index (χ1) is 9.97. The van der Waals surface area contributed by atoms with Gasteiger partial charge >= 0.3 is 5.97 Å². The Morgan fingerprint density at radius 1 is 1.48 bits per heavy atom. The number of hydrogen-bond acceptors (Lipinski definition) is 2. The smallest absolute Gasteiger partial charge is 0.311 e. The number of carboxylic acids is 1. The quantitative estimate of drug-likeness (QED) is 0.903. The van der Waals surface area contributed by atoms with Crippen LogP contribution in [0.25, 0.3) is 0 Å². The van der Waals surface area contributed by atoms with Crippen molar-refractivity contribution in [1.29, 1.82) is 0 Å². The van der Waals surface area contributed by atoms with Crippen LogP contribution in [0.1, 0.15) is 49.1 Å². The van der Waals surface area contributed by atoms with Gasteiger partial charge in [-0.3, -0.25) is 9.59 Å². The van der Waals surface area contributed by atoms with Crippen molar-refractivity contribution in [2.75, 3.05) is 13.1 Å². The molecule has 114 valence electrons. The largest absolute Gasteiger partial charge is 0.481 e. The first-order valence-corrected chi connectivity index (χ1v) is 8.16. The third-order valence-electron chi connectivity index (χ3n) is 4.75. The minimum Gasteiger partial charge on any atom is -0.481 e. The number of hydrogen-bond donors (Lipinski definition) is 1. The summed E-state index contributed by atoms with van der Waals surface area (Å²) in [6.07, 6.45) is 5.26. The zero-order valence-electron chi connectivity index (χ0n) is 12.0. The number of rotatable bonds is 4. The third-order valence-corrected chi connectivity index (χ3v) is 5.18.